The third kappa shape index (κ3) is 4.26. The van der Waals surface area contributed by atoms with Gasteiger partial charge in [0.25, 0.3) is 0 Å². The molecule has 2 aromatic heterocycles. The molecular weight excluding hydrogens is 290 g/mol. The van der Waals surface area contributed by atoms with Gasteiger partial charge in [-0.1, -0.05) is 5.11 Å². The number of nitrogens with one attached hydrogen (secondary N) is 2. The van der Waals surface area contributed by atoms with Gasteiger partial charge in [0.15, 0.2) is 0 Å². The van der Waals surface area contributed by atoms with E-state index in [1.165, 1.54) is 0 Å². The average Bonchev–Trinajstić information content (AvgIpc) is 3.22. The van der Waals surface area contributed by atoms with Gasteiger partial charge in [-0.3, -0.25) is 0 Å². The molecule has 7 heteroatoms. The molecule has 0 aliphatic rings. The largest absolute Gasteiger partial charge is 0.418 e. The maximum atomic E-state index is 4.22. The summed E-state index contributed by atoms with van der Waals surface area (Å²) in [6.07, 6.45) is 10.4. The Balaban J connectivity index is 1.47. The van der Waals surface area contributed by atoms with Crippen LogP contribution in [0.15, 0.2) is 65.6 Å². The molecule has 0 atom stereocenters. The second-order valence-corrected chi connectivity index (χ2v) is 5.22. The Labute approximate surface area is 134 Å². The highest BCUT2D eigenvalue weighted by Gasteiger charge is 2.04. The molecule has 2 N–H and O–H groups in total. The fraction of sp³-hybridized carbons (Fsp3) is 0.250. The monoisotopic (exact) mass is 310 g/mol. The number of nitrogens with zero attached hydrogens (tertiary/aromatic N) is 5. The minimum Gasteiger partial charge on any atom is -0.385 e. The molecule has 3 aromatic rings. The predicted octanol–water partition coefficient (Wildman–Crippen LogP) is 2.95. The predicted molar refractivity (Wildman–Crippen MR) is 87.9 cm³/mol. The summed E-state index contributed by atoms with van der Waals surface area (Å²) >= 11 is 0. The summed E-state index contributed by atoms with van der Waals surface area (Å²) in [5.41, 5.74) is 1.91. The lowest BCUT2D eigenvalue weighted by molar-refractivity contribution is -0.657. The summed E-state index contributed by atoms with van der Waals surface area (Å²) in [6, 6.07) is 7.93. The summed E-state index contributed by atoms with van der Waals surface area (Å²) in [6.45, 7) is 1.88. The molecule has 0 aliphatic heterocycles. The first-order chi connectivity index (χ1) is 11.3. The van der Waals surface area contributed by atoms with Gasteiger partial charge in [0.1, 0.15) is 5.69 Å². The number of benzene rings is 1. The smallest absolute Gasteiger partial charge is 0.385 e. The van der Waals surface area contributed by atoms with Crippen LogP contribution >= 0.6 is 0 Å². The van der Waals surface area contributed by atoms with Crippen LogP contribution in [0, 0.1) is 0 Å². The van der Waals surface area contributed by atoms with E-state index in [1.807, 2.05) is 60.8 Å². The Bertz CT molecular complexity index is 741. The van der Waals surface area contributed by atoms with Gasteiger partial charge in [0, 0.05) is 36.3 Å². The molecule has 0 bridgehead atoms. The van der Waals surface area contributed by atoms with Crippen molar-refractivity contribution in [3.05, 3.63) is 55.4 Å². The minimum atomic E-state index is 0.715. The molecule has 0 radical (unpaired) electrons. The van der Waals surface area contributed by atoms with E-state index < -0.39 is 0 Å². The van der Waals surface area contributed by atoms with Crippen molar-refractivity contribution < 1.29 is 4.57 Å². The van der Waals surface area contributed by atoms with Crippen molar-refractivity contribution in [2.75, 3.05) is 11.9 Å². The lowest BCUT2D eigenvalue weighted by atomic mass is 10.3. The molecule has 0 saturated carbocycles. The van der Waals surface area contributed by atoms with Crippen LogP contribution in [0.3, 0.4) is 0 Å². The van der Waals surface area contributed by atoms with Gasteiger partial charge in [-0.05, 0) is 30.7 Å². The maximum absolute atomic E-state index is 4.22. The van der Waals surface area contributed by atoms with Crippen LogP contribution in [0.25, 0.3) is 0 Å². The highest BCUT2D eigenvalue weighted by molar-refractivity contribution is 5.50. The fourth-order valence-corrected chi connectivity index (χ4v) is 2.16. The van der Waals surface area contributed by atoms with Gasteiger partial charge in [0.05, 0.1) is 25.8 Å². The summed E-state index contributed by atoms with van der Waals surface area (Å²) < 4.78 is 3.95. The quantitative estimate of drug-likeness (QED) is 0.400. The number of imidazole rings is 2. The van der Waals surface area contributed by atoms with E-state index in [9.17, 15) is 0 Å². The van der Waals surface area contributed by atoms with E-state index in [-0.39, 0.29) is 0 Å². The Kier molecular flexibility index (Phi) is 4.78. The van der Waals surface area contributed by atoms with Crippen LogP contribution in [-0.4, -0.2) is 21.1 Å². The zero-order valence-corrected chi connectivity index (χ0v) is 13.1. The van der Waals surface area contributed by atoms with E-state index in [2.05, 4.69) is 30.1 Å². The molecule has 0 amide bonds. The molecule has 0 unspecified atom stereocenters. The zero-order valence-electron chi connectivity index (χ0n) is 13.1. The van der Waals surface area contributed by atoms with Gasteiger partial charge in [-0.2, -0.15) is 0 Å². The summed E-state index contributed by atoms with van der Waals surface area (Å²) in [4.78, 5) is 7.05. The number of H-pyrrole nitrogens is 1. The zero-order chi connectivity index (χ0) is 15.9. The van der Waals surface area contributed by atoms with Crippen molar-refractivity contribution in [3.63, 3.8) is 0 Å². The number of rotatable bonds is 7. The Morgan fingerprint density at radius 3 is 2.83 bits per heavy atom. The van der Waals surface area contributed by atoms with Crippen molar-refractivity contribution >= 4 is 17.3 Å². The topological polar surface area (TPSA) is 74.2 Å². The van der Waals surface area contributed by atoms with Crippen molar-refractivity contribution in [1.29, 1.82) is 0 Å². The number of aromatic amines is 1. The van der Waals surface area contributed by atoms with Crippen LogP contribution in [0.2, 0.25) is 0 Å². The number of anilines is 1. The number of azo groups is 1. The maximum Gasteiger partial charge on any atom is 0.418 e. The first-order valence-corrected chi connectivity index (χ1v) is 7.56. The van der Waals surface area contributed by atoms with E-state index >= 15 is 0 Å². The highest BCUT2D eigenvalue weighted by atomic mass is 15.2. The lowest BCUT2D eigenvalue weighted by Gasteiger charge is -2.06. The molecule has 0 spiro atoms. The second kappa shape index (κ2) is 7.35. The third-order valence-corrected chi connectivity index (χ3v) is 3.45. The minimum absolute atomic E-state index is 0.715. The van der Waals surface area contributed by atoms with Crippen molar-refractivity contribution in [3.8, 4) is 0 Å². The van der Waals surface area contributed by atoms with Crippen molar-refractivity contribution in [1.82, 2.24) is 14.5 Å². The molecular formula is C16H20N7+. The van der Waals surface area contributed by atoms with Gasteiger partial charge in [-0.25, -0.2) is 14.5 Å². The first kappa shape index (κ1) is 15.0. The standard InChI is InChI=1S/C16H19N7/c1-22-11-9-19-16(22)21-20-15-5-3-14(4-6-15)18-7-2-10-23-12-8-17-13-23/h3-6,8-9,11-13H,2,7,10H2,1H3,(H,18,19,21)/p+1. The van der Waals surface area contributed by atoms with E-state index in [0.717, 1.165) is 30.9 Å². The molecule has 0 aliphatic carbocycles. The average molecular weight is 310 g/mol. The van der Waals surface area contributed by atoms with Gasteiger partial charge >= 0.3 is 5.95 Å². The molecule has 2 heterocycles. The molecule has 7 nitrogen and oxygen atoms in total. The third-order valence-electron chi connectivity index (χ3n) is 3.45. The molecule has 118 valence electrons. The van der Waals surface area contributed by atoms with Gasteiger partial charge in [0.2, 0.25) is 0 Å². The highest BCUT2D eigenvalue weighted by Crippen LogP contribution is 2.18. The second-order valence-electron chi connectivity index (χ2n) is 5.22. The van der Waals surface area contributed by atoms with Crippen molar-refractivity contribution in [2.24, 2.45) is 17.3 Å². The number of aryl methyl sites for hydroxylation is 2. The van der Waals surface area contributed by atoms with Gasteiger partial charge < -0.3 is 9.88 Å². The lowest BCUT2D eigenvalue weighted by Crippen LogP contribution is -2.24. The Morgan fingerprint density at radius 1 is 1.26 bits per heavy atom. The van der Waals surface area contributed by atoms with Crippen LogP contribution in [0.5, 0.6) is 0 Å². The normalized spacial score (nSPS) is 11.2. The molecule has 3 rings (SSSR count). The first-order valence-electron chi connectivity index (χ1n) is 7.56. The summed E-state index contributed by atoms with van der Waals surface area (Å²) in [7, 11) is 1.92. The molecule has 23 heavy (non-hydrogen) atoms. The summed E-state index contributed by atoms with van der Waals surface area (Å²) in [5.74, 6) is 0.715. The van der Waals surface area contributed by atoms with Crippen LogP contribution < -0.4 is 9.88 Å². The molecule has 0 fully saturated rings. The molecule has 1 aromatic carbocycles. The van der Waals surface area contributed by atoms with E-state index in [0.29, 0.717) is 5.95 Å². The van der Waals surface area contributed by atoms with Crippen LogP contribution in [0.4, 0.5) is 17.3 Å². The number of hydrogen-bond acceptors (Lipinski definition) is 4. The Morgan fingerprint density at radius 2 is 2.13 bits per heavy atom. The van der Waals surface area contributed by atoms with Crippen LogP contribution in [0.1, 0.15) is 6.42 Å². The number of aromatic nitrogens is 4. The van der Waals surface area contributed by atoms with Crippen LogP contribution in [-0.2, 0) is 13.6 Å². The SMILES string of the molecule is C[n+]1cc[nH]c1N=Nc1ccc(NCCCn2ccnc2)cc1. The molecule has 0 saturated heterocycles. The van der Waals surface area contributed by atoms with Gasteiger partial charge in [-0.15, -0.1) is 0 Å². The van der Waals surface area contributed by atoms with E-state index in [4.69, 9.17) is 0 Å². The Hall–Kier alpha value is -2.96. The summed E-state index contributed by atoms with van der Waals surface area (Å²) in [5, 5.41) is 11.8. The fourth-order valence-electron chi connectivity index (χ4n) is 2.16. The van der Waals surface area contributed by atoms with Crippen molar-refractivity contribution in [2.45, 2.75) is 13.0 Å². The number of hydrogen-bond donors (Lipinski definition) is 2. The van der Waals surface area contributed by atoms with E-state index in [1.54, 1.807) is 6.20 Å².